The van der Waals surface area contributed by atoms with E-state index in [0.29, 0.717) is 0 Å². The van der Waals surface area contributed by atoms with E-state index in [2.05, 4.69) is 53.4 Å². The van der Waals surface area contributed by atoms with Crippen molar-refractivity contribution in [3.63, 3.8) is 0 Å². The van der Waals surface area contributed by atoms with Crippen LogP contribution >= 0.6 is 11.6 Å². The van der Waals surface area contributed by atoms with E-state index >= 15 is 0 Å². The Hall–Kier alpha value is -2.13. The average Bonchev–Trinajstić information content (AvgIpc) is 2.60. The minimum absolute atomic E-state index is 0.179. The van der Waals surface area contributed by atoms with Crippen molar-refractivity contribution in [2.45, 2.75) is 32.2 Å². The lowest BCUT2D eigenvalue weighted by molar-refractivity contribution is 0.453. The van der Waals surface area contributed by atoms with Crippen LogP contribution in [0.15, 0.2) is 54.6 Å². The van der Waals surface area contributed by atoms with Gasteiger partial charge in [0, 0.05) is 5.39 Å². The molecule has 0 radical (unpaired) electrons. The van der Waals surface area contributed by atoms with Crippen LogP contribution in [0.2, 0.25) is 5.28 Å². The molecule has 2 aromatic carbocycles. The molecule has 0 aliphatic heterocycles. The highest BCUT2D eigenvalue weighted by Crippen LogP contribution is 2.34. The molecule has 0 amide bonds. The summed E-state index contributed by atoms with van der Waals surface area (Å²) in [5.41, 5.74) is 1.93. The quantitative estimate of drug-likeness (QED) is 0.637. The van der Waals surface area contributed by atoms with E-state index in [1.807, 2.05) is 30.3 Å². The highest BCUT2D eigenvalue weighted by molar-refractivity contribution is 6.28. The van der Waals surface area contributed by atoms with Crippen LogP contribution < -0.4 is 5.32 Å². The third kappa shape index (κ3) is 3.02. The highest BCUT2D eigenvalue weighted by Gasteiger charge is 2.29. The molecule has 3 nitrogen and oxygen atoms in total. The van der Waals surface area contributed by atoms with Crippen LogP contribution in [-0.4, -0.2) is 9.97 Å². The van der Waals surface area contributed by atoms with Crippen LogP contribution in [0.3, 0.4) is 0 Å². The summed E-state index contributed by atoms with van der Waals surface area (Å²) in [5, 5.41) is 4.91. The molecule has 0 saturated heterocycles. The van der Waals surface area contributed by atoms with Gasteiger partial charge in [-0.05, 0) is 42.1 Å². The lowest BCUT2D eigenvalue weighted by atomic mass is 9.84. The van der Waals surface area contributed by atoms with Crippen LogP contribution in [0.5, 0.6) is 0 Å². The zero-order valence-corrected chi connectivity index (χ0v) is 14.1. The summed E-state index contributed by atoms with van der Waals surface area (Å²) in [6, 6.07) is 18.4. The molecule has 0 saturated carbocycles. The van der Waals surface area contributed by atoms with E-state index in [0.717, 1.165) is 29.6 Å². The van der Waals surface area contributed by atoms with Crippen molar-refractivity contribution in [1.29, 1.82) is 0 Å². The third-order valence-corrected chi connectivity index (χ3v) is 4.64. The van der Waals surface area contributed by atoms with Gasteiger partial charge in [-0.2, -0.15) is 0 Å². The molecule has 4 heteroatoms. The van der Waals surface area contributed by atoms with Gasteiger partial charge in [-0.15, -0.1) is 0 Å². The van der Waals surface area contributed by atoms with Crippen LogP contribution in [0.4, 0.5) is 5.82 Å². The summed E-state index contributed by atoms with van der Waals surface area (Å²) < 4.78 is 0. The molecule has 0 unspecified atom stereocenters. The first kappa shape index (κ1) is 15.8. The zero-order valence-electron chi connectivity index (χ0n) is 13.4. The summed E-state index contributed by atoms with van der Waals surface area (Å²) in [6.45, 7) is 4.38. The number of hydrogen-bond acceptors (Lipinski definition) is 3. The Kier molecular flexibility index (Phi) is 4.49. The molecule has 1 aromatic heterocycles. The van der Waals surface area contributed by atoms with E-state index in [1.165, 1.54) is 5.56 Å². The van der Waals surface area contributed by atoms with Gasteiger partial charge in [0.1, 0.15) is 5.82 Å². The van der Waals surface area contributed by atoms with E-state index in [-0.39, 0.29) is 10.8 Å². The third-order valence-electron chi connectivity index (χ3n) is 4.47. The molecule has 118 valence electrons. The molecule has 0 fully saturated rings. The predicted molar refractivity (Wildman–Crippen MR) is 96.9 cm³/mol. The van der Waals surface area contributed by atoms with Crippen molar-refractivity contribution in [3.05, 3.63) is 65.4 Å². The number of fused-ring (bicyclic) bond motifs is 1. The molecule has 0 bridgehead atoms. The number of hydrogen-bond donors (Lipinski definition) is 1. The Balaban J connectivity index is 2.11. The number of benzene rings is 2. The van der Waals surface area contributed by atoms with E-state index in [4.69, 9.17) is 11.6 Å². The second-order valence-electron chi connectivity index (χ2n) is 5.64. The summed E-state index contributed by atoms with van der Waals surface area (Å²) in [4.78, 5) is 8.76. The molecule has 1 heterocycles. The Morgan fingerprint density at radius 1 is 0.913 bits per heavy atom. The molecule has 0 atom stereocenters. The number of nitrogens with one attached hydrogen (secondary N) is 1. The lowest BCUT2D eigenvalue weighted by Crippen LogP contribution is -2.34. The van der Waals surface area contributed by atoms with Crippen LogP contribution in [-0.2, 0) is 5.54 Å². The van der Waals surface area contributed by atoms with Crippen LogP contribution in [0.25, 0.3) is 10.9 Å². The number of halogens is 1. The van der Waals surface area contributed by atoms with Gasteiger partial charge in [-0.3, -0.25) is 0 Å². The van der Waals surface area contributed by atoms with Crippen molar-refractivity contribution >= 4 is 28.3 Å². The number of nitrogens with zero attached hydrogens (tertiary/aromatic N) is 2. The van der Waals surface area contributed by atoms with Crippen molar-refractivity contribution in [2.75, 3.05) is 5.32 Å². The van der Waals surface area contributed by atoms with E-state index < -0.39 is 0 Å². The Bertz CT molecular complexity index is 798. The summed E-state index contributed by atoms with van der Waals surface area (Å²) in [7, 11) is 0. The Labute approximate surface area is 141 Å². The second-order valence-corrected chi connectivity index (χ2v) is 5.98. The SMILES string of the molecule is CCC(CC)(Nc1nc(Cl)nc2ccccc12)c1ccccc1. The fourth-order valence-electron chi connectivity index (χ4n) is 3.03. The first-order valence-electron chi connectivity index (χ1n) is 7.94. The molecule has 1 N–H and O–H groups in total. The second kappa shape index (κ2) is 6.55. The lowest BCUT2D eigenvalue weighted by Gasteiger charge is -2.34. The smallest absolute Gasteiger partial charge is 0.224 e. The van der Waals surface area contributed by atoms with Crippen molar-refractivity contribution in [2.24, 2.45) is 0 Å². The first-order valence-corrected chi connectivity index (χ1v) is 8.32. The fourth-order valence-corrected chi connectivity index (χ4v) is 3.21. The van der Waals surface area contributed by atoms with Gasteiger partial charge in [-0.25, -0.2) is 9.97 Å². The standard InChI is InChI=1S/C19H20ClN3/c1-3-19(4-2,14-10-6-5-7-11-14)23-17-15-12-8-9-13-16(15)21-18(20)22-17/h5-13H,3-4H2,1-2H3,(H,21,22,23). The van der Waals surface area contributed by atoms with Crippen LogP contribution in [0, 0.1) is 0 Å². The van der Waals surface area contributed by atoms with Crippen molar-refractivity contribution in [3.8, 4) is 0 Å². The molecular weight excluding hydrogens is 306 g/mol. The molecule has 23 heavy (non-hydrogen) atoms. The Morgan fingerprint density at radius 2 is 1.57 bits per heavy atom. The number of rotatable bonds is 5. The van der Waals surface area contributed by atoms with Gasteiger partial charge in [0.2, 0.25) is 5.28 Å². The number of aromatic nitrogens is 2. The van der Waals surface area contributed by atoms with E-state index in [1.54, 1.807) is 0 Å². The van der Waals surface area contributed by atoms with Gasteiger partial charge in [0.05, 0.1) is 11.1 Å². The van der Waals surface area contributed by atoms with E-state index in [9.17, 15) is 0 Å². The summed E-state index contributed by atoms with van der Waals surface area (Å²) in [6.07, 6.45) is 1.90. The molecule has 0 aliphatic rings. The number of anilines is 1. The van der Waals surface area contributed by atoms with Crippen LogP contribution in [0.1, 0.15) is 32.3 Å². The largest absolute Gasteiger partial charge is 0.360 e. The molecular formula is C19H20ClN3. The van der Waals surface area contributed by atoms with Gasteiger partial charge in [0.25, 0.3) is 0 Å². The number of para-hydroxylation sites is 1. The minimum atomic E-state index is -0.179. The Morgan fingerprint density at radius 3 is 2.26 bits per heavy atom. The van der Waals surface area contributed by atoms with Gasteiger partial charge >= 0.3 is 0 Å². The molecule has 3 aromatic rings. The highest BCUT2D eigenvalue weighted by atomic mass is 35.5. The molecule has 0 aliphatic carbocycles. The van der Waals surface area contributed by atoms with Crippen molar-refractivity contribution < 1.29 is 0 Å². The van der Waals surface area contributed by atoms with Gasteiger partial charge in [0.15, 0.2) is 0 Å². The van der Waals surface area contributed by atoms with Gasteiger partial charge in [-0.1, -0.05) is 56.3 Å². The summed E-state index contributed by atoms with van der Waals surface area (Å²) >= 11 is 6.12. The maximum atomic E-state index is 6.12. The average molecular weight is 326 g/mol. The normalized spacial score (nSPS) is 11.6. The minimum Gasteiger partial charge on any atom is -0.360 e. The first-order chi connectivity index (χ1) is 11.2. The zero-order chi connectivity index (χ0) is 16.3. The summed E-state index contributed by atoms with van der Waals surface area (Å²) in [5.74, 6) is 0.785. The maximum Gasteiger partial charge on any atom is 0.224 e. The topological polar surface area (TPSA) is 37.8 Å². The van der Waals surface area contributed by atoms with Gasteiger partial charge < -0.3 is 5.32 Å². The molecule has 3 rings (SSSR count). The fraction of sp³-hybridized carbons (Fsp3) is 0.263. The monoisotopic (exact) mass is 325 g/mol. The maximum absolute atomic E-state index is 6.12. The predicted octanol–water partition coefficient (Wildman–Crippen LogP) is 5.41. The molecule has 0 spiro atoms. The van der Waals surface area contributed by atoms with Crippen molar-refractivity contribution in [1.82, 2.24) is 9.97 Å².